The summed E-state index contributed by atoms with van der Waals surface area (Å²) in [7, 11) is -3.81. The second-order valence-electron chi connectivity index (χ2n) is 4.46. The van der Waals surface area contributed by atoms with Crippen molar-refractivity contribution in [1.29, 1.82) is 0 Å². The fourth-order valence-corrected chi connectivity index (χ4v) is 2.83. The molecule has 1 amide bonds. The van der Waals surface area contributed by atoms with E-state index in [0.29, 0.717) is 17.6 Å². The maximum Gasteiger partial charge on any atom is 0.264 e. The van der Waals surface area contributed by atoms with E-state index in [9.17, 15) is 13.2 Å². The van der Waals surface area contributed by atoms with Gasteiger partial charge in [0, 0.05) is 5.57 Å². The molecule has 0 aliphatic heterocycles. The molecule has 1 aromatic rings. The van der Waals surface area contributed by atoms with Crippen molar-refractivity contribution >= 4 is 15.9 Å². The van der Waals surface area contributed by atoms with Crippen LogP contribution in [0.1, 0.15) is 32.8 Å². The Morgan fingerprint density at radius 2 is 1.79 bits per heavy atom. The molecule has 0 saturated carbocycles. The Balaban J connectivity index is 3.06. The minimum Gasteiger partial charge on any atom is -0.269 e. The Hall–Kier alpha value is -1.62. The number of sulfonamides is 1. The summed E-state index contributed by atoms with van der Waals surface area (Å²) in [6.07, 6.45) is 0.712. The van der Waals surface area contributed by atoms with Crippen LogP contribution in [0, 0.1) is 6.92 Å². The Morgan fingerprint density at radius 1 is 1.21 bits per heavy atom. The van der Waals surface area contributed by atoms with E-state index in [1.54, 1.807) is 32.0 Å². The smallest absolute Gasteiger partial charge is 0.264 e. The summed E-state index contributed by atoms with van der Waals surface area (Å²) < 4.78 is 26.4. The molecule has 0 fully saturated rings. The summed E-state index contributed by atoms with van der Waals surface area (Å²) in [4.78, 5) is 12.0. The van der Waals surface area contributed by atoms with Crippen molar-refractivity contribution in [2.45, 2.75) is 39.0 Å². The van der Waals surface area contributed by atoms with Gasteiger partial charge in [0.1, 0.15) is 0 Å². The third-order valence-electron chi connectivity index (χ3n) is 3.12. The first-order valence-electron chi connectivity index (χ1n) is 6.08. The molecular weight excluding hydrogens is 262 g/mol. The van der Waals surface area contributed by atoms with E-state index in [1.165, 1.54) is 6.07 Å². The Kier molecular flexibility index (Phi) is 4.89. The van der Waals surface area contributed by atoms with Gasteiger partial charge >= 0.3 is 0 Å². The number of allylic oxidation sites excluding steroid dienone is 1. The quantitative estimate of drug-likeness (QED) is 0.863. The molecule has 0 aromatic heterocycles. The molecule has 0 radical (unpaired) electrons. The fourth-order valence-electron chi connectivity index (χ4n) is 1.57. The van der Waals surface area contributed by atoms with Crippen molar-refractivity contribution in [3.8, 4) is 0 Å². The second-order valence-corrected chi connectivity index (χ2v) is 6.11. The third kappa shape index (κ3) is 3.67. The van der Waals surface area contributed by atoms with Crippen LogP contribution >= 0.6 is 0 Å². The number of benzene rings is 1. The number of rotatable bonds is 4. The van der Waals surface area contributed by atoms with Gasteiger partial charge < -0.3 is 0 Å². The lowest BCUT2D eigenvalue weighted by molar-refractivity contribution is -0.115. The first kappa shape index (κ1) is 15.4. The minimum atomic E-state index is -3.81. The minimum absolute atomic E-state index is 0.130. The van der Waals surface area contributed by atoms with E-state index in [0.717, 1.165) is 5.57 Å². The maximum atomic E-state index is 12.1. The highest BCUT2D eigenvalue weighted by Gasteiger charge is 2.20. The molecule has 1 aromatic carbocycles. The number of amides is 1. The maximum absolute atomic E-state index is 12.1. The summed E-state index contributed by atoms with van der Waals surface area (Å²) in [6, 6.07) is 6.56. The molecule has 0 heterocycles. The highest BCUT2D eigenvalue weighted by atomic mass is 32.2. The van der Waals surface area contributed by atoms with Crippen molar-refractivity contribution in [1.82, 2.24) is 4.72 Å². The van der Waals surface area contributed by atoms with Crippen LogP contribution in [0.3, 0.4) is 0 Å². The van der Waals surface area contributed by atoms with E-state index < -0.39 is 15.9 Å². The second kappa shape index (κ2) is 6.02. The summed E-state index contributed by atoms with van der Waals surface area (Å²) in [5.74, 6) is -0.567. The molecule has 0 atom stereocenters. The van der Waals surface area contributed by atoms with Crippen LogP contribution in [0.15, 0.2) is 40.3 Å². The molecule has 1 N–H and O–H groups in total. The predicted octanol–water partition coefficient (Wildman–Crippen LogP) is 2.55. The molecule has 0 spiro atoms. The largest absolute Gasteiger partial charge is 0.269 e. The number of hydrogen-bond acceptors (Lipinski definition) is 3. The zero-order valence-electron chi connectivity index (χ0n) is 11.6. The van der Waals surface area contributed by atoms with E-state index in [2.05, 4.69) is 4.72 Å². The topological polar surface area (TPSA) is 63.2 Å². The zero-order valence-corrected chi connectivity index (χ0v) is 12.5. The number of hydrogen-bond donors (Lipinski definition) is 1. The molecular formula is C14H19NO3S. The Labute approximate surface area is 114 Å². The average Bonchev–Trinajstić information content (AvgIpc) is 2.36. The van der Waals surface area contributed by atoms with Crippen molar-refractivity contribution in [3.05, 3.63) is 41.0 Å². The summed E-state index contributed by atoms with van der Waals surface area (Å²) in [5.41, 5.74) is 1.92. The van der Waals surface area contributed by atoms with Crippen molar-refractivity contribution in [2.75, 3.05) is 0 Å². The number of carbonyl (C=O) groups is 1. The number of carbonyl (C=O) groups excluding carboxylic acids is 1. The average molecular weight is 281 g/mol. The fraction of sp³-hybridized carbons (Fsp3) is 0.357. The molecule has 0 unspecified atom stereocenters. The lowest BCUT2D eigenvalue weighted by Crippen LogP contribution is -2.32. The molecule has 5 heteroatoms. The molecule has 4 nitrogen and oxygen atoms in total. The van der Waals surface area contributed by atoms with Gasteiger partial charge in [-0.1, -0.05) is 30.7 Å². The van der Waals surface area contributed by atoms with Gasteiger partial charge in [0.2, 0.25) is 0 Å². The zero-order chi connectivity index (χ0) is 14.6. The summed E-state index contributed by atoms with van der Waals surface area (Å²) in [6.45, 7) is 7.05. The normalized spacial score (nSPS) is 12.8. The van der Waals surface area contributed by atoms with Crippen LogP contribution < -0.4 is 4.72 Å². The van der Waals surface area contributed by atoms with Gasteiger partial charge in [0.05, 0.1) is 4.90 Å². The van der Waals surface area contributed by atoms with Crippen LogP contribution in [-0.4, -0.2) is 14.3 Å². The van der Waals surface area contributed by atoms with E-state index in [1.807, 2.05) is 13.8 Å². The van der Waals surface area contributed by atoms with Crippen molar-refractivity contribution < 1.29 is 13.2 Å². The van der Waals surface area contributed by atoms with Crippen LogP contribution in [0.2, 0.25) is 0 Å². The summed E-state index contributed by atoms with van der Waals surface area (Å²) in [5, 5.41) is 0. The molecule has 0 saturated heterocycles. The van der Waals surface area contributed by atoms with Gasteiger partial charge in [0.15, 0.2) is 0 Å². The van der Waals surface area contributed by atoms with Gasteiger partial charge in [-0.2, -0.15) is 0 Å². The van der Waals surface area contributed by atoms with Crippen LogP contribution in [0.25, 0.3) is 0 Å². The van der Waals surface area contributed by atoms with E-state index in [4.69, 9.17) is 0 Å². The van der Waals surface area contributed by atoms with Crippen LogP contribution in [0.4, 0.5) is 0 Å². The van der Waals surface area contributed by atoms with E-state index in [-0.39, 0.29) is 4.90 Å². The highest BCUT2D eigenvalue weighted by Crippen LogP contribution is 2.15. The predicted molar refractivity (Wildman–Crippen MR) is 75.2 cm³/mol. The lowest BCUT2D eigenvalue weighted by atomic mass is 10.1. The molecule has 0 aliphatic carbocycles. The monoisotopic (exact) mass is 281 g/mol. The van der Waals surface area contributed by atoms with Crippen molar-refractivity contribution in [2.24, 2.45) is 0 Å². The number of nitrogens with one attached hydrogen (secondary N) is 1. The first-order valence-corrected chi connectivity index (χ1v) is 7.57. The standard InChI is InChI=1S/C14H19NO3S/c1-5-10(2)12(4)14(16)15-19(17,18)13-9-7-6-8-11(13)3/h6-9H,5H2,1-4H3,(H,15,16)/b12-10-. The van der Waals surface area contributed by atoms with Crippen molar-refractivity contribution in [3.63, 3.8) is 0 Å². The molecule has 0 bridgehead atoms. The van der Waals surface area contributed by atoms with Gasteiger partial charge in [-0.3, -0.25) is 4.79 Å². The first-order chi connectivity index (χ1) is 8.79. The number of aryl methyl sites for hydroxylation is 1. The summed E-state index contributed by atoms with van der Waals surface area (Å²) >= 11 is 0. The molecule has 104 valence electrons. The Morgan fingerprint density at radius 3 is 2.32 bits per heavy atom. The molecule has 19 heavy (non-hydrogen) atoms. The van der Waals surface area contributed by atoms with Crippen LogP contribution in [0.5, 0.6) is 0 Å². The van der Waals surface area contributed by atoms with Gasteiger partial charge in [-0.25, -0.2) is 13.1 Å². The third-order valence-corrected chi connectivity index (χ3v) is 4.61. The lowest BCUT2D eigenvalue weighted by Gasteiger charge is -2.10. The highest BCUT2D eigenvalue weighted by molar-refractivity contribution is 7.90. The SMILES string of the molecule is CC/C(C)=C(/C)C(=O)NS(=O)(=O)c1ccccc1C. The molecule has 1 rings (SSSR count). The van der Waals surface area contributed by atoms with Gasteiger partial charge in [0.25, 0.3) is 15.9 Å². The van der Waals surface area contributed by atoms with Gasteiger partial charge in [-0.15, -0.1) is 0 Å². The van der Waals surface area contributed by atoms with E-state index >= 15 is 0 Å². The Bertz CT molecular complexity index is 615. The molecule has 0 aliphatic rings. The van der Waals surface area contributed by atoms with Crippen LogP contribution in [-0.2, 0) is 14.8 Å². The van der Waals surface area contributed by atoms with Gasteiger partial charge in [-0.05, 0) is 38.8 Å².